The number of aromatic amines is 2. The van der Waals surface area contributed by atoms with Gasteiger partial charge in [-0.2, -0.15) is 0 Å². The fourth-order valence-corrected chi connectivity index (χ4v) is 1.48. The molecule has 0 aliphatic rings. The summed E-state index contributed by atoms with van der Waals surface area (Å²) in [5.41, 5.74) is 2.86. The van der Waals surface area contributed by atoms with Crippen molar-refractivity contribution in [2.45, 2.75) is 27.2 Å². The fraction of sp³-hybridized carbons (Fsp3) is 0.308. The van der Waals surface area contributed by atoms with Gasteiger partial charge in [-0.15, -0.1) is 0 Å². The van der Waals surface area contributed by atoms with Crippen molar-refractivity contribution in [3.63, 3.8) is 0 Å². The lowest BCUT2D eigenvalue weighted by molar-refractivity contribution is 1.02. The van der Waals surface area contributed by atoms with Gasteiger partial charge < -0.3 is 5.10 Å². The van der Waals surface area contributed by atoms with Crippen molar-refractivity contribution in [3.8, 4) is 0 Å². The molecule has 3 heteroatoms. The lowest BCUT2D eigenvalue weighted by atomic mass is 10.1. The van der Waals surface area contributed by atoms with Gasteiger partial charge in [0.05, 0.1) is 0 Å². The van der Waals surface area contributed by atoms with E-state index in [0.29, 0.717) is 6.42 Å². The van der Waals surface area contributed by atoms with Gasteiger partial charge in [-0.3, -0.25) is 9.89 Å². The van der Waals surface area contributed by atoms with E-state index in [1.165, 1.54) is 0 Å². The van der Waals surface area contributed by atoms with Crippen LogP contribution in [0.15, 0.2) is 35.1 Å². The van der Waals surface area contributed by atoms with Crippen LogP contribution in [0.5, 0.6) is 0 Å². The summed E-state index contributed by atoms with van der Waals surface area (Å²) in [4.78, 5) is 11.4. The Labute approximate surface area is 95.5 Å². The highest BCUT2D eigenvalue weighted by molar-refractivity contribution is 5.26. The summed E-state index contributed by atoms with van der Waals surface area (Å²) in [7, 11) is 0. The Balaban J connectivity index is 0.000000606. The fourth-order valence-electron chi connectivity index (χ4n) is 1.48. The molecule has 2 rings (SSSR count). The number of aryl methyl sites for hydroxylation is 1. The topological polar surface area (TPSA) is 48.6 Å². The second-order valence-electron chi connectivity index (χ2n) is 3.35. The molecule has 0 amide bonds. The first-order valence-electron chi connectivity index (χ1n) is 5.57. The summed E-state index contributed by atoms with van der Waals surface area (Å²) in [6, 6.07) is 9.96. The standard InChI is InChI=1S/C11H12N2O.C2H6/c1-8-10(11(14)13-12-8)7-9-5-3-2-4-6-9;1-2/h2-6H,7H2,1H3,(H2,12,13,14);1-2H3. The summed E-state index contributed by atoms with van der Waals surface area (Å²) in [5, 5.41) is 5.40. The molecule has 16 heavy (non-hydrogen) atoms. The summed E-state index contributed by atoms with van der Waals surface area (Å²) in [5.74, 6) is 0. The molecule has 1 aromatic heterocycles. The van der Waals surface area contributed by atoms with Crippen LogP contribution in [-0.4, -0.2) is 10.2 Å². The minimum absolute atomic E-state index is 0.0219. The zero-order chi connectivity index (χ0) is 12.0. The zero-order valence-electron chi connectivity index (χ0n) is 10.0. The summed E-state index contributed by atoms with van der Waals surface area (Å²) in [6.07, 6.45) is 0.686. The SMILES string of the molecule is CC.Cc1[nH][nH]c(=O)c1Cc1ccccc1. The molecule has 0 saturated carbocycles. The van der Waals surface area contributed by atoms with Crippen molar-refractivity contribution >= 4 is 0 Å². The predicted octanol–water partition coefficient (Wildman–Crippen LogP) is 2.63. The first-order valence-corrected chi connectivity index (χ1v) is 5.57. The Kier molecular flexibility index (Phi) is 4.58. The van der Waals surface area contributed by atoms with Crippen molar-refractivity contribution in [3.05, 3.63) is 57.5 Å². The molecule has 1 heterocycles. The minimum Gasteiger partial charge on any atom is -0.302 e. The van der Waals surface area contributed by atoms with Gasteiger partial charge in [-0.25, -0.2) is 0 Å². The largest absolute Gasteiger partial charge is 0.302 e. The van der Waals surface area contributed by atoms with E-state index >= 15 is 0 Å². The third-order valence-electron chi connectivity index (χ3n) is 2.31. The summed E-state index contributed by atoms with van der Waals surface area (Å²) in [6.45, 7) is 5.90. The first-order chi connectivity index (χ1) is 7.77. The highest BCUT2D eigenvalue weighted by atomic mass is 16.1. The minimum atomic E-state index is -0.0219. The highest BCUT2D eigenvalue weighted by Crippen LogP contribution is 2.07. The van der Waals surface area contributed by atoms with E-state index in [4.69, 9.17) is 0 Å². The van der Waals surface area contributed by atoms with Crippen LogP contribution in [0.25, 0.3) is 0 Å². The van der Waals surface area contributed by atoms with Crippen LogP contribution in [0.3, 0.4) is 0 Å². The second kappa shape index (κ2) is 5.95. The number of benzene rings is 1. The summed E-state index contributed by atoms with van der Waals surface area (Å²) >= 11 is 0. The van der Waals surface area contributed by atoms with Crippen molar-refractivity contribution in [2.75, 3.05) is 0 Å². The van der Waals surface area contributed by atoms with Crippen molar-refractivity contribution in [1.29, 1.82) is 0 Å². The van der Waals surface area contributed by atoms with Gasteiger partial charge in [0.2, 0.25) is 0 Å². The van der Waals surface area contributed by atoms with E-state index in [0.717, 1.165) is 16.8 Å². The second-order valence-corrected chi connectivity index (χ2v) is 3.35. The monoisotopic (exact) mass is 218 g/mol. The Bertz CT molecular complexity index is 468. The molecular weight excluding hydrogens is 200 g/mol. The van der Waals surface area contributed by atoms with Crippen LogP contribution in [0.1, 0.15) is 30.7 Å². The maximum Gasteiger partial charge on any atom is 0.267 e. The molecule has 0 unspecified atom stereocenters. The lowest BCUT2D eigenvalue weighted by Crippen LogP contribution is -2.06. The molecule has 3 nitrogen and oxygen atoms in total. The third-order valence-corrected chi connectivity index (χ3v) is 2.31. The number of aromatic nitrogens is 2. The maximum absolute atomic E-state index is 11.4. The molecule has 0 bridgehead atoms. The van der Waals surface area contributed by atoms with Gasteiger partial charge in [0.1, 0.15) is 0 Å². The van der Waals surface area contributed by atoms with Crippen LogP contribution in [-0.2, 0) is 6.42 Å². The van der Waals surface area contributed by atoms with E-state index in [1.54, 1.807) is 0 Å². The van der Waals surface area contributed by atoms with E-state index in [1.807, 2.05) is 51.1 Å². The molecule has 0 radical (unpaired) electrons. The van der Waals surface area contributed by atoms with Crippen LogP contribution in [0.2, 0.25) is 0 Å². The van der Waals surface area contributed by atoms with Gasteiger partial charge in [0, 0.05) is 17.7 Å². The average molecular weight is 218 g/mol. The quantitative estimate of drug-likeness (QED) is 0.799. The number of hydrogen-bond acceptors (Lipinski definition) is 1. The molecule has 1 aromatic carbocycles. The number of H-pyrrole nitrogens is 2. The van der Waals surface area contributed by atoms with Crippen LogP contribution in [0, 0.1) is 6.92 Å². The molecule has 0 atom stereocenters. The maximum atomic E-state index is 11.4. The molecule has 0 aliphatic carbocycles. The van der Waals surface area contributed by atoms with Crippen molar-refractivity contribution < 1.29 is 0 Å². The molecule has 0 fully saturated rings. The smallest absolute Gasteiger partial charge is 0.267 e. The Morgan fingerprint density at radius 3 is 2.19 bits per heavy atom. The number of nitrogens with one attached hydrogen (secondary N) is 2. The van der Waals surface area contributed by atoms with E-state index in [9.17, 15) is 4.79 Å². The van der Waals surface area contributed by atoms with Crippen LogP contribution in [0.4, 0.5) is 0 Å². The normalized spacial score (nSPS) is 9.44. The molecule has 0 aliphatic heterocycles. The van der Waals surface area contributed by atoms with E-state index in [2.05, 4.69) is 10.2 Å². The van der Waals surface area contributed by atoms with Crippen LogP contribution < -0.4 is 5.56 Å². The van der Waals surface area contributed by atoms with Gasteiger partial charge in [0.25, 0.3) is 5.56 Å². The Hall–Kier alpha value is -1.77. The highest BCUT2D eigenvalue weighted by Gasteiger charge is 2.05. The van der Waals surface area contributed by atoms with Crippen molar-refractivity contribution in [2.24, 2.45) is 0 Å². The third kappa shape index (κ3) is 2.86. The zero-order valence-corrected chi connectivity index (χ0v) is 10.0. The van der Waals surface area contributed by atoms with Crippen molar-refractivity contribution in [1.82, 2.24) is 10.2 Å². The first kappa shape index (κ1) is 12.3. The lowest BCUT2D eigenvalue weighted by Gasteiger charge is -1.97. The number of hydrogen-bond donors (Lipinski definition) is 2. The number of rotatable bonds is 2. The Morgan fingerprint density at radius 2 is 1.69 bits per heavy atom. The molecule has 86 valence electrons. The van der Waals surface area contributed by atoms with Crippen LogP contribution >= 0.6 is 0 Å². The molecule has 0 saturated heterocycles. The van der Waals surface area contributed by atoms with E-state index < -0.39 is 0 Å². The van der Waals surface area contributed by atoms with E-state index in [-0.39, 0.29) is 5.56 Å². The van der Waals surface area contributed by atoms with Gasteiger partial charge >= 0.3 is 0 Å². The molecular formula is C13H18N2O. The van der Waals surface area contributed by atoms with Gasteiger partial charge in [-0.1, -0.05) is 44.2 Å². The Morgan fingerprint density at radius 1 is 1.06 bits per heavy atom. The average Bonchev–Trinajstić information content (AvgIpc) is 2.65. The molecule has 2 N–H and O–H groups in total. The molecule has 0 spiro atoms. The van der Waals surface area contributed by atoms with Gasteiger partial charge in [-0.05, 0) is 12.5 Å². The molecule has 2 aromatic rings. The predicted molar refractivity (Wildman–Crippen MR) is 66.7 cm³/mol. The van der Waals surface area contributed by atoms with Gasteiger partial charge in [0.15, 0.2) is 0 Å². The summed E-state index contributed by atoms with van der Waals surface area (Å²) < 4.78 is 0.